The fraction of sp³-hybridized carbons (Fsp3) is 0.0833. The van der Waals surface area contributed by atoms with E-state index in [1.165, 1.54) is 0 Å². The summed E-state index contributed by atoms with van der Waals surface area (Å²) < 4.78 is 1.87. The van der Waals surface area contributed by atoms with Crippen LogP contribution in [0.15, 0.2) is 30.6 Å². The molecule has 0 saturated heterocycles. The van der Waals surface area contributed by atoms with Gasteiger partial charge < -0.3 is 4.57 Å². The number of aromatic nitrogens is 4. The molecular formula is C12H7Cl3N4. The Morgan fingerprint density at radius 3 is 2.47 bits per heavy atom. The summed E-state index contributed by atoms with van der Waals surface area (Å²) in [6.45, 7) is 0.610. The van der Waals surface area contributed by atoms with E-state index in [4.69, 9.17) is 34.8 Å². The highest BCUT2D eigenvalue weighted by molar-refractivity contribution is 6.35. The van der Waals surface area contributed by atoms with Gasteiger partial charge in [-0.1, -0.05) is 35.3 Å². The van der Waals surface area contributed by atoms with Gasteiger partial charge in [-0.2, -0.15) is 4.98 Å². The molecule has 0 spiro atoms. The van der Waals surface area contributed by atoms with Crippen LogP contribution in [0, 0.1) is 0 Å². The summed E-state index contributed by atoms with van der Waals surface area (Å²) in [5.74, 6) is 0. The molecule has 0 unspecified atom stereocenters. The molecule has 19 heavy (non-hydrogen) atoms. The number of rotatable bonds is 2. The zero-order valence-corrected chi connectivity index (χ0v) is 11.8. The molecule has 0 N–H and O–H groups in total. The van der Waals surface area contributed by atoms with Gasteiger partial charge in [-0.25, -0.2) is 9.97 Å². The van der Waals surface area contributed by atoms with Gasteiger partial charge in [0.2, 0.25) is 5.28 Å². The Morgan fingerprint density at radius 2 is 1.74 bits per heavy atom. The van der Waals surface area contributed by atoms with Crippen molar-refractivity contribution in [3.63, 3.8) is 0 Å². The second-order valence-corrected chi connectivity index (χ2v) is 5.09. The molecule has 0 amide bonds. The lowest BCUT2D eigenvalue weighted by molar-refractivity contribution is 0.823. The van der Waals surface area contributed by atoms with Crippen molar-refractivity contribution < 1.29 is 0 Å². The van der Waals surface area contributed by atoms with Gasteiger partial charge in [0, 0.05) is 11.6 Å². The Balaban J connectivity index is 2.04. The van der Waals surface area contributed by atoms with Crippen LogP contribution in [0.25, 0.3) is 11.2 Å². The first kappa shape index (κ1) is 12.7. The van der Waals surface area contributed by atoms with E-state index >= 15 is 0 Å². The van der Waals surface area contributed by atoms with Crippen molar-refractivity contribution in [2.45, 2.75) is 6.54 Å². The van der Waals surface area contributed by atoms with Crippen molar-refractivity contribution >= 4 is 46.0 Å². The summed E-state index contributed by atoms with van der Waals surface area (Å²) in [6.07, 6.45) is 1.66. The maximum Gasteiger partial charge on any atom is 0.225 e. The van der Waals surface area contributed by atoms with Gasteiger partial charge in [0.25, 0.3) is 0 Å². The fourth-order valence-corrected chi connectivity index (χ4v) is 2.42. The lowest BCUT2D eigenvalue weighted by Crippen LogP contribution is -1.99. The molecule has 4 nitrogen and oxygen atoms in total. The monoisotopic (exact) mass is 312 g/mol. The first-order chi connectivity index (χ1) is 9.13. The third-order valence-electron chi connectivity index (χ3n) is 2.67. The van der Waals surface area contributed by atoms with Crippen LogP contribution in [-0.4, -0.2) is 19.5 Å². The zero-order chi connectivity index (χ0) is 13.4. The van der Waals surface area contributed by atoms with Crippen molar-refractivity contribution in [3.8, 4) is 0 Å². The van der Waals surface area contributed by atoms with Crippen LogP contribution in [-0.2, 0) is 6.54 Å². The Hall–Kier alpha value is -1.36. The van der Waals surface area contributed by atoms with E-state index in [0.717, 1.165) is 5.56 Å². The van der Waals surface area contributed by atoms with Crippen molar-refractivity contribution in [3.05, 3.63) is 51.6 Å². The molecule has 0 aliphatic rings. The van der Waals surface area contributed by atoms with E-state index in [0.29, 0.717) is 27.9 Å². The van der Waals surface area contributed by atoms with Crippen LogP contribution in [0.3, 0.4) is 0 Å². The van der Waals surface area contributed by atoms with E-state index in [1.807, 2.05) is 28.8 Å². The summed E-state index contributed by atoms with van der Waals surface area (Å²) in [4.78, 5) is 12.1. The van der Waals surface area contributed by atoms with Crippen LogP contribution in [0.2, 0.25) is 15.5 Å². The molecule has 7 heteroatoms. The Kier molecular flexibility index (Phi) is 3.31. The van der Waals surface area contributed by atoms with Crippen LogP contribution < -0.4 is 0 Å². The largest absolute Gasteiger partial charge is 0.322 e. The van der Waals surface area contributed by atoms with Gasteiger partial charge in [-0.05, 0) is 29.3 Å². The molecule has 0 fully saturated rings. The van der Waals surface area contributed by atoms with Gasteiger partial charge >= 0.3 is 0 Å². The molecule has 1 aromatic carbocycles. The Labute approximate surface area is 124 Å². The van der Waals surface area contributed by atoms with Crippen LogP contribution in [0.4, 0.5) is 0 Å². The molecule has 96 valence electrons. The molecule has 3 rings (SSSR count). The number of hydrogen-bond donors (Lipinski definition) is 0. The fourth-order valence-electron chi connectivity index (χ4n) is 1.82. The molecule has 3 aromatic rings. The summed E-state index contributed by atoms with van der Waals surface area (Å²) in [6, 6.07) is 7.56. The number of fused-ring (bicyclic) bond motifs is 1. The molecule has 0 aliphatic carbocycles. The SMILES string of the molecule is Clc1ccc(Cn2cnc3nc(Cl)nc(Cl)c32)cc1. The van der Waals surface area contributed by atoms with E-state index in [-0.39, 0.29) is 5.28 Å². The second-order valence-electron chi connectivity index (χ2n) is 3.95. The van der Waals surface area contributed by atoms with Crippen molar-refractivity contribution in [2.24, 2.45) is 0 Å². The van der Waals surface area contributed by atoms with Crippen molar-refractivity contribution in [2.75, 3.05) is 0 Å². The molecule has 0 bridgehead atoms. The topological polar surface area (TPSA) is 43.6 Å². The molecule has 0 aliphatic heterocycles. The predicted molar refractivity (Wildman–Crippen MR) is 75.9 cm³/mol. The average Bonchev–Trinajstić information content (AvgIpc) is 2.75. The Morgan fingerprint density at radius 1 is 1.00 bits per heavy atom. The van der Waals surface area contributed by atoms with Gasteiger partial charge in [-0.15, -0.1) is 0 Å². The highest BCUT2D eigenvalue weighted by Crippen LogP contribution is 2.22. The smallest absolute Gasteiger partial charge is 0.225 e. The second kappa shape index (κ2) is 4.96. The van der Waals surface area contributed by atoms with Gasteiger partial charge in [0.1, 0.15) is 5.52 Å². The number of benzene rings is 1. The standard InChI is InChI=1S/C12H7Cl3N4/c13-8-3-1-7(2-4-8)5-19-6-16-11-9(19)10(14)17-12(15)18-11/h1-4,6H,5H2. The molecular weight excluding hydrogens is 307 g/mol. The van der Waals surface area contributed by atoms with Crippen molar-refractivity contribution in [1.82, 2.24) is 19.5 Å². The van der Waals surface area contributed by atoms with Crippen molar-refractivity contribution in [1.29, 1.82) is 0 Å². The van der Waals surface area contributed by atoms with E-state index < -0.39 is 0 Å². The highest BCUT2D eigenvalue weighted by atomic mass is 35.5. The van der Waals surface area contributed by atoms with Gasteiger partial charge in [0.05, 0.1) is 6.33 Å². The number of hydrogen-bond acceptors (Lipinski definition) is 3. The van der Waals surface area contributed by atoms with Crippen LogP contribution in [0.1, 0.15) is 5.56 Å². The third-order valence-corrected chi connectivity index (χ3v) is 3.35. The molecule has 2 aromatic heterocycles. The first-order valence-electron chi connectivity index (χ1n) is 5.42. The molecule has 0 saturated carbocycles. The van der Waals surface area contributed by atoms with Gasteiger partial charge in [-0.3, -0.25) is 0 Å². The quantitative estimate of drug-likeness (QED) is 0.533. The summed E-state index contributed by atoms with van der Waals surface area (Å²) >= 11 is 17.7. The first-order valence-corrected chi connectivity index (χ1v) is 6.55. The summed E-state index contributed by atoms with van der Waals surface area (Å²) in [5.41, 5.74) is 2.23. The number of imidazole rings is 1. The lowest BCUT2D eigenvalue weighted by Gasteiger charge is -2.05. The minimum atomic E-state index is 0.0919. The van der Waals surface area contributed by atoms with E-state index in [1.54, 1.807) is 6.33 Å². The maximum atomic E-state index is 6.08. The molecule has 0 radical (unpaired) electrons. The summed E-state index contributed by atoms with van der Waals surface area (Å²) in [5, 5.41) is 1.09. The van der Waals surface area contributed by atoms with Crippen LogP contribution >= 0.6 is 34.8 Å². The van der Waals surface area contributed by atoms with E-state index in [9.17, 15) is 0 Å². The average molecular weight is 314 g/mol. The molecule has 2 heterocycles. The predicted octanol–water partition coefficient (Wildman–Crippen LogP) is 3.83. The number of halogens is 3. The lowest BCUT2D eigenvalue weighted by atomic mass is 10.2. The third kappa shape index (κ3) is 2.52. The number of nitrogens with zero attached hydrogens (tertiary/aromatic N) is 4. The normalized spacial score (nSPS) is 11.1. The maximum absolute atomic E-state index is 6.08. The van der Waals surface area contributed by atoms with Crippen LogP contribution in [0.5, 0.6) is 0 Å². The Bertz CT molecular complexity index is 737. The zero-order valence-electron chi connectivity index (χ0n) is 9.52. The van der Waals surface area contributed by atoms with E-state index in [2.05, 4.69) is 15.0 Å². The van der Waals surface area contributed by atoms with Gasteiger partial charge in [0.15, 0.2) is 10.8 Å². The summed E-state index contributed by atoms with van der Waals surface area (Å²) in [7, 11) is 0. The highest BCUT2D eigenvalue weighted by Gasteiger charge is 2.11. The minimum absolute atomic E-state index is 0.0919. The minimum Gasteiger partial charge on any atom is -0.322 e. The molecule has 0 atom stereocenters.